The molecule has 452 valence electrons. The Morgan fingerprint density at radius 3 is 1.12 bits per heavy atom. The monoisotopic (exact) mass is 1180 g/mol. The number of esters is 2. The Balaban J connectivity index is 0.000000251. The molecule has 0 radical (unpaired) electrons. The van der Waals surface area contributed by atoms with E-state index >= 15 is 0 Å². The summed E-state index contributed by atoms with van der Waals surface area (Å²) in [5, 5.41) is 0. The molecule has 10 heteroatoms. The SMILES string of the molecule is C=COCOCc1ccc(C#Cc2ccc(C#Cc3ccc(CCC4CCC(COC(=O)C=C)CC4)cc3)cc2C)cc1F.C=COCOCc1ccc(C#Cc2ccc(C#Cc3ccc(CCC4CCC(COC(=O)C=C)CC4)cc3)cc2C)cc1F. The van der Waals surface area contributed by atoms with Crippen LogP contribution in [0.15, 0.2) is 172 Å². The molecule has 0 N–H and O–H groups in total. The maximum Gasteiger partial charge on any atom is 0.330 e. The molecular formula is C78H78F2O8. The van der Waals surface area contributed by atoms with Crippen LogP contribution in [0.3, 0.4) is 0 Å². The highest BCUT2D eigenvalue weighted by atomic mass is 19.1. The van der Waals surface area contributed by atoms with Gasteiger partial charge in [-0.1, -0.05) is 136 Å². The lowest BCUT2D eigenvalue weighted by Gasteiger charge is -2.28. The number of hydrogen-bond acceptors (Lipinski definition) is 8. The van der Waals surface area contributed by atoms with Crippen LogP contribution in [0, 0.1) is 96.5 Å². The first kappa shape index (κ1) is 66.4. The Bertz CT molecular complexity index is 3350. The first-order chi connectivity index (χ1) is 42.9. The van der Waals surface area contributed by atoms with Crippen molar-refractivity contribution in [3.63, 3.8) is 0 Å². The molecular weight excluding hydrogens is 1100 g/mol. The highest BCUT2D eigenvalue weighted by molar-refractivity contribution is 5.81. The Hall–Kier alpha value is -9.16. The zero-order valence-corrected chi connectivity index (χ0v) is 50.7. The molecule has 2 aliphatic carbocycles. The summed E-state index contributed by atoms with van der Waals surface area (Å²) in [5.41, 5.74) is 12.3. The Kier molecular flexibility index (Phi) is 27.2. The van der Waals surface area contributed by atoms with Crippen LogP contribution in [0.4, 0.5) is 8.78 Å². The largest absolute Gasteiger partial charge is 0.476 e. The van der Waals surface area contributed by atoms with Crippen molar-refractivity contribution in [3.8, 4) is 47.4 Å². The zero-order valence-electron chi connectivity index (χ0n) is 50.7. The molecule has 8 rings (SSSR count). The molecule has 0 aliphatic heterocycles. The van der Waals surface area contributed by atoms with Gasteiger partial charge in [0.15, 0.2) is 13.6 Å². The van der Waals surface area contributed by atoms with E-state index in [1.807, 2.05) is 50.2 Å². The normalized spacial score (nSPS) is 15.6. The van der Waals surface area contributed by atoms with Crippen LogP contribution in [0.2, 0.25) is 0 Å². The van der Waals surface area contributed by atoms with Gasteiger partial charge in [-0.15, -0.1) is 0 Å². The molecule has 0 amide bonds. The van der Waals surface area contributed by atoms with Gasteiger partial charge in [-0.2, -0.15) is 0 Å². The Labute approximate surface area is 520 Å². The summed E-state index contributed by atoms with van der Waals surface area (Å²) in [5.74, 6) is 26.5. The van der Waals surface area contributed by atoms with Gasteiger partial charge in [0.1, 0.15) is 11.6 Å². The van der Waals surface area contributed by atoms with Crippen LogP contribution < -0.4 is 0 Å². The van der Waals surface area contributed by atoms with E-state index in [1.54, 1.807) is 24.3 Å². The van der Waals surface area contributed by atoms with Crippen molar-refractivity contribution in [2.24, 2.45) is 23.7 Å². The maximum absolute atomic E-state index is 14.4. The van der Waals surface area contributed by atoms with E-state index < -0.39 is 0 Å². The average molecular weight is 1180 g/mol. The van der Waals surface area contributed by atoms with Crippen LogP contribution >= 0.6 is 0 Å². The van der Waals surface area contributed by atoms with Gasteiger partial charge >= 0.3 is 11.9 Å². The molecule has 2 saturated carbocycles. The molecule has 2 aliphatic rings. The third-order valence-electron chi connectivity index (χ3n) is 15.8. The molecule has 6 aromatic carbocycles. The van der Waals surface area contributed by atoms with E-state index in [9.17, 15) is 18.4 Å². The number of halogens is 2. The number of benzene rings is 6. The molecule has 0 atom stereocenters. The van der Waals surface area contributed by atoms with E-state index in [4.69, 9.17) is 28.4 Å². The van der Waals surface area contributed by atoms with Crippen LogP contribution in [0.5, 0.6) is 0 Å². The Morgan fingerprint density at radius 2 is 0.773 bits per heavy atom. The lowest BCUT2D eigenvalue weighted by Crippen LogP contribution is -2.20. The lowest BCUT2D eigenvalue weighted by molar-refractivity contribution is -0.140. The average Bonchev–Trinajstić information content (AvgIpc) is 3.76. The van der Waals surface area contributed by atoms with Crippen LogP contribution in [0.1, 0.15) is 142 Å². The topological polar surface area (TPSA) is 89.5 Å². The van der Waals surface area contributed by atoms with Crippen molar-refractivity contribution in [2.75, 3.05) is 26.8 Å². The number of carbonyl (C=O) groups excluding carboxylic acids is 2. The van der Waals surface area contributed by atoms with Crippen molar-refractivity contribution in [1.29, 1.82) is 0 Å². The maximum atomic E-state index is 14.4. The number of carbonyl (C=O) groups is 2. The minimum absolute atomic E-state index is 0.0270. The fourth-order valence-electron chi connectivity index (χ4n) is 10.5. The van der Waals surface area contributed by atoms with E-state index in [2.05, 4.69) is 122 Å². The predicted molar refractivity (Wildman–Crippen MR) is 344 cm³/mol. The van der Waals surface area contributed by atoms with Crippen LogP contribution in [0.25, 0.3) is 0 Å². The highest BCUT2D eigenvalue weighted by Gasteiger charge is 2.23. The van der Waals surface area contributed by atoms with Crippen molar-refractivity contribution >= 4 is 11.9 Å². The molecule has 0 spiro atoms. The smallest absolute Gasteiger partial charge is 0.330 e. The third kappa shape index (κ3) is 22.9. The summed E-state index contributed by atoms with van der Waals surface area (Å²) in [7, 11) is 0. The van der Waals surface area contributed by atoms with Crippen molar-refractivity contribution in [2.45, 2.75) is 104 Å². The first-order valence-corrected chi connectivity index (χ1v) is 30.1. The molecule has 6 aromatic rings. The molecule has 0 bridgehead atoms. The molecule has 0 heterocycles. The molecule has 8 nitrogen and oxygen atoms in total. The van der Waals surface area contributed by atoms with E-state index in [0.717, 1.165) is 94.9 Å². The summed E-state index contributed by atoms with van der Waals surface area (Å²) < 4.78 is 59.5. The molecule has 0 aromatic heterocycles. The van der Waals surface area contributed by atoms with E-state index in [0.29, 0.717) is 47.3 Å². The number of aryl methyl sites for hydroxylation is 4. The van der Waals surface area contributed by atoms with Gasteiger partial charge in [0, 0.05) is 67.8 Å². The second kappa shape index (κ2) is 36.1. The minimum atomic E-state index is -0.366. The standard InChI is InChI=1S/2C39H39FO4/c2*1-4-39(41)44-26-35-16-13-32(14-17-35)11-8-30-6-9-31(10-7-30)12-15-33-18-21-36(29(3)24-33)22-19-34-20-23-37(38(40)25-34)27-43-28-42-5-2/h2*4-7,9-10,18,20-21,23-25,32,35H,1-2,8,11,13-14,16-17,26-28H2,3H3. The minimum Gasteiger partial charge on any atom is -0.476 e. The van der Waals surface area contributed by atoms with Crippen molar-refractivity contribution in [1.82, 2.24) is 0 Å². The van der Waals surface area contributed by atoms with Gasteiger partial charge in [-0.05, 0) is 196 Å². The number of rotatable bonds is 22. The molecule has 0 unspecified atom stereocenters. The van der Waals surface area contributed by atoms with E-state index in [-0.39, 0.29) is 50.4 Å². The summed E-state index contributed by atoms with van der Waals surface area (Å²) >= 11 is 0. The molecule has 2 fully saturated rings. The highest BCUT2D eigenvalue weighted by Crippen LogP contribution is 2.33. The summed E-state index contributed by atoms with van der Waals surface area (Å²) in [4.78, 5) is 22.6. The van der Waals surface area contributed by atoms with Crippen LogP contribution in [-0.2, 0) is 64.1 Å². The quantitative estimate of drug-likeness (QED) is 0.0166. The van der Waals surface area contributed by atoms with Gasteiger partial charge in [0.25, 0.3) is 0 Å². The fraction of sp³-hybridized carbons (Fsp3) is 0.308. The van der Waals surface area contributed by atoms with Crippen molar-refractivity contribution < 1.29 is 46.8 Å². The zero-order chi connectivity index (χ0) is 62.3. The predicted octanol–water partition coefficient (Wildman–Crippen LogP) is 16.1. The van der Waals surface area contributed by atoms with Gasteiger partial charge in [-0.3, -0.25) is 0 Å². The second-order valence-electron chi connectivity index (χ2n) is 22.2. The van der Waals surface area contributed by atoms with Gasteiger partial charge in [0.2, 0.25) is 0 Å². The second-order valence-corrected chi connectivity index (χ2v) is 22.2. The third-order valence-corrected chi connectivity index (χ3v) is 15.8. The van der Waals surface area contributed by atoms with Gasteiger partial charge in [0.05, 0.1) is 39.0 Å². The van der Waals surface area contributed by atoms with Crippen LogP contribution in [-0.4, -0.2) is 38.7 Å². The summed E-state index contributed by atoms with van der Waals surface area (Å²) in [6.45, 7) is 19.1. The number of ether oxygens (including phenoxy) is 6. The summed E-state index contributed by atoms with van der Waals surface area (Å²) in [6, 6.07) is 38.7. The van der Waals surface area contributed by atoms with Crippen molar-refractivity contribution in [3.05, 3.63) is 262 Å². The van der Waals surface area contributed by atoms with Gasteiger partial charge < -0.3 is 28.4 Å². The Morgan fingerprint density at radius 1 is 0.443 bits per heavy atom. The van der Waals surface area contributed by atoms with E-state index in [1.165, 1.54) is 86.5 Å². The first-order valence-electron chi connectivity index (χ1n) is 30.1. The number of hydrogen-bond donors (Lipinski definition) is 0. The fourth-order valence-corrected chi connectivity index (χ4v) is 10.5. The molecule has 88 heavy (non-hydrogen) atoms. The van der Waals surface area contributed by atoms with Gasteiger partial charge in [-0.25, -0.2) is 18.4 Å². The summed E-state index contributed by atoms with van der Waals surface area (Å²) in [6.07, 6.45) is 18.8. The molecule has 0 saturated heterocycles. The lowest BCUT2D eigenvalue weighted by atomic mass is 9.80.